The smallest absolute Gasteiger partial charge is 0.126 e. The van der Waals surface area contributed by atoms with Gasteiger partial charge in [0.05, 0.1) is 11.4 Å². The van der Waals surface area contributed by atoms with Crippen LogP contribution >= 0.6 is 0 Å². The summed E-state index contributed by atoms with van der Waals surface area (Å²) in [7, 11) is 3.93. The maximum Gasteiger partial charge on any atom is 0.126 e. The minimum Gasteiger partial charge on any atom is -0.397 e. The van der Waals surface area contributed by atoms with E-state index in [0.717, 1.165) is 28.9 Å². The molecule has 0 fully saturated rings. The Kier molecular flexibility index (Phi) is 3.74. The molecule has 0 saturated heterocycles. The Hall–Kier alpha value is -2.03. The molecule has 0 aromatic heterocycles. The van der Waals surface area contributed by atoms with E-state index in [-0.39, 0.29) is 5.82 Å². The Morgan fingerprint density at radius 1 is 1.05 bits per heavy atom. The molecule has 0 unspecified atom stereocenters. The summed E-state index contributed by atoms with van der Waals surface area (Å²) < 4.78 is 13.2. The van der Waals surface area contributed by atoms with Gasteiger partial charge in [0.1, 0.15) is 5.82 Å². The van der Waals surface area contributed by atoms with Crippen LogP contribution in [0.25, 0.3) is 0 Å². The first-order valence-corrected chi connectivity index (χ1v) is 6.28. The Morgan fingerprint density at radius 2 is 1.68 bits per heavy atom. The van der Waals surface area contributed by atoms with Crippen molar-refractivity contribution in [3.8, 4) is 0 Å². The van der Waals surface area contributed by atoms with Crippen molar-refractivity contribution >= 4 is 11.4 Å². The summed E-state index contributed by atoms with van der Waals surface area (Å²) in [6.07, 6.45) is 0.763. The SMILES string of the molecule is Cc1cc(Cc2ccc(N(C)C)c(N)c2)ccc1F. The summed E-state index contributed by atoms with van der Waals surface area (Å²) in [4.78, 5) is 1.99. The second-order valence-corrected chi connectivity index (χ2v) is 5.05. The number of benzene rings is 2. The highest BCUT2D eigenvalue weighted by Crippen LogP contribution is 2.24. The van der Waals surface area contributed by atoms with Crippen LogP contribution < -0.4 is 10.6 Å². The van der Waals surface area contributed by atoms with Crippen LogP contribution in [0.5, 0.6) is 0 Å². The molecular formula is C16H19FN2. The average molecular weight is 258 g/mol. The summed E-state index contributed by atoms with van der Waals surface area (Å²) in [6, 6.07) is 11.3. The highest BCUT2D eigenvalue weighted by Gasteiger charge is 2.05. The molecule has 0 aliphatic rings. The largest absolute Gasteiger partial charge is 0.397 e. The molecule has 2 N–H and O–H groups in total. The van der Waals surface area contributed by atoms with Gasteiger partial charge in [-0.25, -0.2) is 4.39 Å². The van der Waals surface area contributed by atoms with Gasteiger partial charge in [-0.05, 0) is 48.2 Å². The van der Waals surface area contributed by atoms with E-state index in [1.807, 2.05) is 43.3 Å². The fourth-order valence-corrected chi connectivity index (χ4v) is 2.17. The van der Waals surface area contributed by atoms with Crippen LogP contribution in [0.2, 0.25) is 0 Å². The van der Waals surface area contributed by atoms with Crippen LogP contribution in [0, 0.1) is 12.7 Å². The van der Waals surface area contributed by atoms with Gasteiger partial charge in [0.2, 0.25) is 0 Å². The number of nitrogens with two attached hydrogens (primary N) is 1. The Labute approximate surface area is 113 Å². The lowest BCUT2D eigenvalue weighted by atomic mass is 10.0. The fourth-order valence-electron chi connectivity index (χ4n) is 2.17. The second-order valence-electron chi connectivity index (χ2n) is 5.05. The van der Waals surface area contributed by atoms with Crippen LogP contribution in [-0.4, -0.2) is 14.1 Å². The topological polar surface area (TPSA) is 29.3 Å². The molecule has 0 amide bonds. The van der Waals surface area contributed by atoms with Crippen molar-refractivity contribution in [3.05, 3.63) is 58.9 Å². The van der Waals surface area contributed by atoms with Gasteiger partial charge in [0.15, 0.2) is 0 Å². The van der Waals surface area contributed by atoms with Gasteiger partial charge in [0, 0.05) is 14.1 Å². The fraction of sp³-hybridized carbons (Fsp3) is 0.250. The number of hydrogen-bond donors (Lipinski definition) is 1. The molecule has 0 aliphatic carbocycles. The molecule has 2 aromatic rings. The maximum absolute atomic E-state index is 13.2. The van der Waals surface area contributed by atoms with Crippen LogP contribution in [0.1, 0.15) is 16.7 Å². The first-order valence-electron chi connectivity index (χ1n) is 6.28. The van der Waals surface area contributed by atoms with Crippen molar-refractivity contribution in [1.29, 1.82) is 0 Å². The summed E-state index contributed by atoms with van der Waals surface area (Å²) in [5.41, 5.74) is 10.7. The van der Waals surface area contributed by atoms with E-state index in [2.05, 4.69) is 6.07 Å². The lowest BCUT2D eigenvalue weighted by Gasteiger charge is -2.16. The molecular weight excluding hydrogens is 239 g/mol. The number of halogens is 1. The first-order chi connectivity index (χ1) is 8.97. The maximum atomic E-state index is 13.2. The van der Waals surface area contributed by atoms with Gasteiger partial charge in [-0.2, -0.15) is 0 Å². The molecule has 2 nitrogen and oxygen atoms in total. The van der Waals surface area contributed by atoms with Gasteiger partial charge in [-0.15, -0.1) is 0 Å². The minimum absolute atomic E-state index is 0.161. The normalized spacial score (nSPS) is 10.5. The van der Waals surface area contributed by atoms with E-state index in [9.17, 15) is 4.39 Å². The quantitative estimate of drug-likeness (QED) is 0.855. The molecule has 0 heterocycles. The predicted molar refractivity (Wildman–Crippen MR) is 79.1 cm³/mol. The van der Waals surface area contributed by atoms with Crippen LogP contribution in [0.15, 0.2) is 36.4 Å². The molecule has 0 aliphatic heterocycles. The van der Waals surface area contributed by atoms with Crippen molar-refractivity contribution in [1.82, 2.24) is 0 Å². The van der Waals surface area contributed by atoms with Crippen molar-refractivity contribution in [3.63, 3.8) is 0 Å². The van der Waals surface area contributed by atoms with Crippen LogP contribution in [0.3, 0.4) is 0 Å². The first kappa shape index (κ1) is 13.4. The third-order valence-corrected chi connectivity index (χ3v) is 3.20. The second kappa shape index (κ2) is 5.31. The number of rotatable bonds is 3. The van der Waals surface area contributed by atoms with Crippen LogP contribution in [-0.2, 0) is 6.42 Å². The molecule has 0 spiro atoms. The van der Waals surface area contributed by atoms with E-state index in [1.54, 1.807) is 6.92 Å². The van der Waals surface area contributed by atoms with Crippen molar-refractivity contribution < 1.29 is 4.39 Å². The molecule has 100 valence electrons. The number of aryl methyl sites for hydroxylation is 1. The molecule has 2 rings (SSSR count). The van der Waals surface area contributed by atoms with E-state index in [0.29, 0.717) is 5.56 Å². The minimum atomic E-state index is -0.161. The van der Waals surface area contributed by atoms with Crippen molar-refractivity contribution in [2.45, 2.75) is 13.3 Å². The number of nitrogen functional groups attached to an aromatic ring is 1. The molecule has 19 heavy (non-hydrogen) atoms. The highest BCUT2D eigenvalue weighted by atomic mass is 19.1. The monoisotopic (exact) mass is 258 g/mol. The van der Waals surface area contributed by atoms with Crippen LogP contribution in [0.4, 0.5) is 15.8 Å². The predicted octanol–water partition coefficient (Wildman–Crippen LogP) is 3.37. The van der Waals surface area contributed by atoms with E-state index < -0.39 is 0 Å². The molecule has 0 atom stereocenters. The summed E-state index contributed by atoms with van der Waals surface area (Å²) >= 11 is 0. The lowest BCUT2D eigenvalue weighted by molar-refractivity contribution is 0.618. The third kappa shape index (κ3) is 3.05. The number of hydrogen-bond acceptors (Lipinski definition) is 2. The average Bonchev–Trinajstić information content (AvgIpc) is 2.33. The third-order valence-electron chi connectivity index (χ3n) is 3.20. The van der Waals surface area contributed by atoms with Crippen molar-refractivity contribution in [2.24, 2.45) is 0 Å². The van der Waals surface area contributed by atoms with Gasteiger partial charge in [-0.1, -0.05) is 18.2 Å². The number of nitrogens with zero attached hydrogens (tertiary/aromatic N) is 1. The lowest BCUT2D eigenvalue weighted by Crippen LogP contribution is -2.11. The zero-order valence-corrected chi connectivity index (χ0v) is 11.6. The summed E-state index contributed by atoms with van der Waals surface area (Å²) in [5, 5.41) is 0. The standard InChI is InChI=1S/C16H19FN2/c1-11-8-12(4-6-14(11)17)9-13-5-7-16(19(2)3)15(18)10-13/h4-8,10H,9,18H2,1-3H3. The molecule has 2 aromatic carbocycles. The molecule has 0 radical (unpaired) electrons. The van der Waals surface area contributed by atoms with E-state index in [4.69, 9.17) is 5.73 Å². The Balaban J connectivity index is 2.24. The summed E-state index contributed by atoms with van der Waals surface area (Å²) in [6.45, 7) is 1.78. The zero-order valence-electron chi connectivity index (χ0n) is 11.6. The van der Waals surface area contributed by atoms with E-state index in [1.165, 1.54) is 6.07 Å². The van der Waals surface area contributed by atoms with E-state index >= 15 is 0 Å². The van der Waals surface area contributed by atoms with Crippen molar-refractivity contribution in [2.75, 3.05) is 24.7 Å². The van der Waals surface area contributed by atoms with Gasteiger partial charge in [0.25, 0.3) is 0 Å². The molecule has 0 bridgehead atoms. The Morgan fingerprint density at radius 3 is 2.26 bits per heavy atom. The van der Waals surface area contributed by atoms with Gasteiger partial charge in [-0.3, -0.25) is 0 Å². The number of anilines is 2. The van der Waals surface area contributed by atoms with Gasteiger partial charge < -0.3 is 10.6 Å². The highest BCUT2D eigenvalue weighted by molar-refractivity contribution is 5.68. The Bertz CT molecular complexity index is 591. The zero-order chi connectivity index (χ0) is 14.0. The molecule has 3 heteroatoms. The summed E-state index contributed by atoms with van der Waals surface area (Å²) in [5.74, 6) is -0.161. The molecule has 0 saturated carbocycles. The van der Waals surface area contributed by atoms with Gasteiger partial charge >= 0.3 is 0 Å².